The van der Waals surface area contributed by atoms with Crippen molar-refractivity contribution < 1.29 is 39.9 Å². The van der Waals surface area contributed by atoms with Crippen molar-refractivity contribution in [3.8, 4) is 0 Å². The van der Waals surface area contributed by atoms with Gasteiger partial charge in [-0.2, -0.15) is 18.3 Å². The topological polar surface area (TPSA) is 139 Å². The Morgan fingerprint density at radius 2 is 1.85 bits per heavy atom. The van der Waals surface area contributed by atoms with Gasteiger partial charge >= 0.3 is 12.2 Å². The van der Waals surface area contributed by atoms with Gasteiger partial charge < -0.3 is 5.11 Å². The molecule has 1 aromatic carbocycles. The average Bonchev–Trinajstić information content (AvgIpc) is 3.21. The van der Waals surface area contributed by atoms with E-state index in [-0.39, 0.29) is 24.9 Å². The maximum atomic E-state index is 13.0. The van der Waals surface area contributed by atoms with E-state index in [9.17, 15) is 39.9 Å². The maximum absolute atomic E-state index is 13.0. The second kappa shape index (κ2) is 8.61. The number of hydrogen-bond acceptors (Lipinski definition) is 7. The van der Waals surface area contributed by atoms with Crippen LogP contribution in [0.5, 0.6) is 0 Å². The molecule has 1 aliphatic rings. The van der Waals surface area contributed by atoms with Crippen LogP contribution in [0.25, 0.3) is 0 Å². The molecule has 1 atom stereocenters. The third-order valence-corrected chi connectivity index (χ3v) is 6.69. The van der Waals surface area contributed by atoms with E-state index >= 15 is 0 Å². The van der Waals surface area contributed by atoms with Gasteiger partial charge in [0.05, 0.1) is 31.7 Å². The Balaban J connectivity index is 1.83. The van der Waals surface area contributed by atoms with E-state index in [1.54, 1.807) is 22.9 Å². The molecule has 2 amide bonds. The fraction of sp³-hybridized carbons (Fsp3) is 0.444. The van der Waals surface area contributed by atoms with Gasteiger partial charge in [0.25, 0.3) is 0 Å². The fourth-order valence-electron chi connectivity index (χ4n) is 3.79. The van der Waals surface area contributed by atoms with Crippen molar-refractivity contribution in [2.24, 2.45) is 0 Å². The lowest BCUT2D eigenvalue weighted by Crippen LogP contribution is -2.50. The van der Waals surface area contributed by atoms with Crippen molar-refractivity contribution in [2.45, 2.75) is 38.2 Å². The number of benzene rings is 1. The smallest absolute Gasteiger partial charge is 0.392 e. The third kappa shape index (κ3) is 5.83. The predicted octanol–water partition coefficient (Wildman–Crippen LogP) is 0.840. The van der Waals surface area contributed by atoms with Crippen LogP contribution in [0.3, 0.4) is 0 Å². The third-order valence-electron chi connectivity index (χ3n) is 4.96. The number of hydrogen-bond donors (Lipinski definition) is 2. The summed E-state index contributed by atoms with van der Waals surface area (Å²) >= 11 is 0. The number of carbonyl (C=O) groups excluding carboxylic acids is 1. The normalized spacial score (nSPS) is 16.5. The number of amides is 2. The van der Waals surface area contributed by atoms with E-state index < -0.39 is 50.6 Å². The predicted molar refractivity (Wildman–Crippen MR) is 110 cm³/mol. The van der Waals surface area contributed by atoms with Crippen LogP contribution in [0, 0.1) is 0 Å². The molecule has 0 radical (unpaired) electrons. The lowest BCUT2D eigenvalue weighted by Gasteiger charge is -2.26. The minimum atomic E-state index is -4.71. The van der Waals surface area contributed by atoms with E-state index in [1.807, 2.05) is 0 Å². The summed E-state index contributed by atoms with van der Waals surface area (Å²) in [6.07, 6.45) is -1.85. The molecule has 10 nitrogen and oxygen atoms in total. The molecular weight excluding hydrogens is 489 g/mol. The maximum Gasteiger partial charge on any atom is 0.435 e. The first-order valence-corrected chi connectivity index (χ1v) is 13.2. The highest BCUT2D eigenvalue weighted by Crippen LogP contribution is 2.31. The molecule has 33 heavy (non-hydrogen) atoms. The zero-order valence-corrected chi connectivity index (χ0v) is 19.1. The highest BCUT2D eigenvalue weighted by Gasteiger charge is 2.38. The SMILES string of the molecule is CS(=O)(=O)NC(=O)N([C@H]1Cc2ccc(Cn3cc(CO)c(C(F)(F)F)n3)cc2C1)S(C)(=O)=O. The summed E-state index contributed by atoms with van der Waals surface area (Å²) in [6, 6.07) is 2.81. The largest absolute Gasteiger partial charge is 0.435 e. The molecule has 0 fully saturated rings. The Morgan fingerprint density at radius 1 is 1.21 bits per heavy atom. The summed E-state index contributed by atoms with van der Waals surface area (Å²) in [5.41, 5.74) is 0.429. The van der Waals surface area contributed by atoms with E-state index in [4.69, 9.17) is 0 Å². The molecule has 0 aliphatic heterocycles. The molecule has 3 rings (SSSR count). The van der Waals surface area contributed by atoms with Crippen molar-refractivity contribution in [3.63, 3.8) is 0 Å². The lowest BCUT2D eigenvalue weighted by molar-refractivity contribution is -0.142. The molecule has 2 N–H and O–H groups in total. The summed E-state index contributed by atoms with van der Waals surface area (Å²) in [5, 5.41) is 12.7. The van der Waals surface area contributed by atoms with Gasteiger partial charge in [0.1, 0.15) is 0 Å². The van der Waals surface area contributed by atoms with Gasteiger partial charge in [0, 0.05) is 11.8 Å². The van der Waals surface area contributed by atoms with Gasteiger partial charge in [-0.05, 0) is 29.5 Å². The Labute approximate surface area is 188 Å². The molecule has 0 bridgehead atoms. The second-order valence-corrected chi connectivity index (χ2v) is 11.4. The van der Waals surface area contributed by atoms with Gasteiger partial charge in [-0.15, -0.1) is 0 Å². The van der Waals surface area contributed by atoms with Crippen LogP contribution in [0.1, 0.15) is 27.9 Å². The fourth-order valence-corrected chi connectivity index (χ4v) is 5.30. The van der Waals surface area contributed by atoms with Gasteiger partial charge in [-0.3, -0.25) is 4.68 Å². The van der Waals surface area contributed by atoms with Crippen molar-refractivity contribution in [2.75, 3.05) is 12.5 Å². The minimum absolute atomic E-state index is 0.0363. The highest BCUT2D eigenvalue weighted by atomic mass is 32.2. The number of urea groups is 1. The number of nitrogens with zero attached hydrogens (tertiary/aromatic N) is 3. The number of alkyl halides is 3. The second-order valence-electron chi connectivity index (χ2n) is 7.76. The molecule has 0 spiro atoms. The Bertz CT molecular complexity index is 1290. The molecular formula is C18H21F3N4O6S2. The molecule has 1 aliphatic carbocycles. The molecule has 182 valence electrons. The van der Waals surface area contributed by atoms with Crippen LogP contribution in [0.2, 0.25) is 0 Å². The quantitative estimate of drug-likeness (QED) is 0.587. The number of aliphatic hydroxyl groups excluding tert-OH is 1. The average molecular weight is 511 g/mol. The first-order chi connectivity index (χ1) is 15.1. The number of aromatic nitrogens is 2. The number of halogens is 3. The standard InChI is InChI=1S/C18H21F3N4O6S2/c1-32(28,29)23-17(27)25(33(2,30)31)15-6-12-4-3-11(5-13(12)7-15)8-24-9-14(10-26)16(22-24)18(19,20)21/h3-5,9,15,26H,6-8,10H2,1-2H3,(H,23,27)/t15-/m0/s1. The van der Waals surface area contributed by atoms with Crippen LogP contribution in [-0.4, -0.2) is 60.6 Å². The van der Waals surface area contributed by atoms with Crippen molar-refractivity contribution in [3.05, 3.63) is 52.3 Å². The summed E-state index contributed by atoms with van der Waals surface area (Å²) in [7, 11) is -8.10. The molecule has 0 saturated heterocycles. The van der Waals surface area contributed by atoms with Crippen LogP contribution >= 0.6 is 0 Å². The van der Waals surface area contributed by atoms with E-state index in [2.05, 4.69) is 5.10 Å². The van der Waals surface area contributed by atoms with Crippen LogP contribution < -0.4 is 4.72 Å². The number of nitrogens with one attached hydrogen (secondary N) is 1. The van der Waals surface area contributed by atoms with Crippen molar-refractivity contribution in [1.82, 2.24) is 18.8 Å². The Kier molecular flexibility index (Phi) is 6.52. The van der Waals surface area contributed by atoms with Crippen molar-refractivity contribution >= 4 is 26.1 Å². The van der Waals surface area contributed by atoms with Crippen molar-refractivity contribution in [1.29, 1.82) is 0 Å². The zero-order chi connectivity index (χ0) is 24.8. The summed E-state index contributed by atoms with van der Waals surface area (Å²) < 4.78 is 89.5. The number of sulfonamides is 2. The number of aliphatic hydroxyl groups is 1. The zero-order valence-electron chi connectivity index (χ0n) is 17.5. The number of carbonyl (C=O) groups is 1. The van der Waals surface area contributed by atoms with Crippen LogP contribution in [0.15, 0.2) is 24.4 Å². The van der Waals surface area contributed by atoms with Gasteiger partial charge in [-0.25, -0.2) is 30.7 Å². The summed E-state index contributed by atoms with van der Waals surface area (Å²) in [6.45, 7) is -0.858. The lowest BCUT2D eigenvalue weighted by atomic mass is 10.1. The van der Waals surface area contributed by atoms with Gasteiger partial charge in [0.2, 0.25) is 20.0 Å². The highest BCUT2D eigenvalue weighted by molar-refractivity contribution is 7.90. The molecule has 0 unspecified atom stereocenters. The number of rotatable bonds is 6. The first kappa shape index (κ1) is 25.0. The van der Waals surface area contributed by atoms with E-state index in [0.717, 1.165) is 29.0 Å². The van der Waals surface area contributed by atoms with Gasteiger partial charge in [0.15, 0.2) is 5.69 Å². The van der Waals surface area contributed by atoms with Crippen LogP contribution in [0.4, 0.5) is 18.0 Å². The van der Waals surface area contributed by atoms with E-state index in [0.29, 0.717) is 15.4 Å². The Morgan fingerprint density at radius 3 is 2.36 bits per heavy atom. The minimum Gasteiger partial charge on any atom is -0.392 e. The van der Waals surface area contributed by atoms with Crippen LogP contribution in [-0.2, 0) is 52.2 Å². The number of fused-ring (bicyclic) bond motifs is 1. The molecule has 2 aromatic rings. The van der Waals surface area contributed by atoms with E-state index in [1.165, 1.54) is 0 Å². The van der Waals surface area contributed by atoms with Gasteiger partial charge in [-0.1, -0.05) is 18.2 Å². The molecule has 1 aromatic heterocycles. The molecule has 0 saturated carbocycles. The monoisotopic (exact) mass is 510 g/mol. The molecule has 1 heterocycles. The first-order valence-electron chi connectivity index (χ1n) is 9.44. The molecule has 15 heteroatoms. The Hall–Kier alpha value is -2.65. The summed E-state index contributed by atoms with van der Waals surface area (Å²) in [4.78, 5) is 12.3. The summed E-state index contributed by atoms with van der Waals surface area (Å²) in [5.74, 6) is 0.